The molecule has 7 heteroatoms. The Labute approximate surface area is 188 Å². The van der Waals surface area contributed by atoms with Crippen LogP contribution in [0.15, 0.2) is 54.1 Å². The topological polar surface area (TPSA) is 79.3 Å². The number of hydrogen-bond acceptors (Lipinski definition) is 6. The first-order valence-electron chi connectivity index (χ1n) is 10.8. The fourth-order valence-electron chi connectivity index (χ4n) is 3.74. The van der Waals surface area contributed by atoms with Crippen molar-refractivity contribution in [2.24, 2.45) is 0 Å². The summed E-state index contributed by atoms with van der Waals surface area (Å²) < 4.78 is 11.1. The molecule has 2 aromatic carbocycles. The Kier molecular flexibility index (Phi) is 7.53. The molecule has 1 N–H and O–H groups in total. The van der Waals surface area contributed by atoms with Crippen molar-refractivity contribution in [1.29, 1.82) is 0 Å². The molecule has 0 spiro atoms. The molecule has 0 aliphatic carbocycles. The van der Waals surface area contributed by atoms with Crippen molar-refractivity contribution in [1.82, 2.24) is 9.80 Å². The van der Waals surface area contributed by atoms with Crippen LogP contribution < -0.4 is 9.47 Å². The molecule has 7 nitrogen and oxygen atoms in total. The molecule has 0 aromatic heterocycles. The zero-order valence-corrected chi connectivity index (χ0v) is 19.0. The van der Waals surface area contributed by atoms with Crippen LogP contribution in [0.5, 0.6) is 11.5 Å². The van der Waals surface area contributed by atoms with Gasteiger partial charge in [0.1, 0.15) is 17.3 Å². The number of ketones is 1. The molecule has 170 valence electrons. The molecule has 1 aliphatic heterocycles. The Hall–Kier alpha value is -3.32. The minimum atomic E-state index is -0.707. The first-order chi connectivity index (χ1) is 15.4. The molecular weight excluding hydrogens is 408 g/mol. The van der Waals surface area contributed by atoms with Crippen LogP contribution in [0.2, 0.25) is 0 Å². The lowest BCUT2D eigenvalue weighted by Gasteiger charge is -2.27. The number of rotatable bonds is 9. The van der Waals surface area contributed by atoms with Crippen LogP contribution in [0.25, 0.3) is 5.76 Å². The lowest BCUT2D eigenvalue weighted by atomic mass is 9.95. The Bertz CT molecular complexity index is 998. The summed E-state index contributed by atoms with van der Waals surface area (Å²) in [5, 5.41) is 11.1. The number of benzene rings is 2. The van der Waals surface area contributed by atoms with Gasteiger partial charge in [0, 0.05) is 18.7 Å². The monoisotopic (exact) mass is 438 g/mol. The van der Waals surface area contributed by atoms with E-state index in [0.29, 0.717) is 48.9 Å². The zero-order chi connectivity index (χ0) is 23.3. The molecule has 0 saturated carbocycles. The second kappa shape index (κ2) is 10.3. The Morgan fingerprint density at radius 2 is 1.66 bits per heavy atom. The molecular formula is C25H30N2O5. The molecule has 0 bridgehead atoms. The highest BCUT2D eigenvalue weighted by molar-refractivity contribution is 6.46. The van der Waals surface area contributed by atoms with Gasteiger partial charge in [0.2, 0.25) is 0 Å². The molecule has 0 radical (unpaired) electrons. The number of Topliss-reactive ketones (excluding diaryl/α,β-unsaturated/α-hetero) is 1. The number of carbonyl (C=O) groups excluding carboxylic acids is 2. The number of carbonyl (C=O) groups is 2. The van der Waals surface area contributed by atoms with Crippen LogP contribution in [-0.4, -0.2) is 67.0 Å². The average Bonchev–Trinajstić information content (AvgIpc) is 3.03. The van der Waals surface area contributed by atoms with Gasteiger partial charge >= 0.3 is 0 Å². The van der Waals surface area contributed by atoms with E-state index >= 15 is 0 Å². The average molecular weight is 439 g/mol. The molecule has 1 unspecified atom stereocenters. The minimum absolute atomic E-state index is 0.0755. The Morgan fingerprint density at radius 3 is 2.28 bits per heavy atom. The number of ether oxygens (including phenoxy) is 2. The van der Waals surface area contributed by atoms with E-state index < -0.39 is 17.7 Å². The second-order valence-corrected chi connectivity index (χ2v) is 7.76. The summed E-state index contributed by atoms with van der Waals surface area (Å²) in [5.41, 5.74) is 1.23. The van der Waals surface area contributed by atoms with E-state index in [9.17, 15) is 14.7 Å². The molecule has 1 heterocycles. The number of likely N-dealkylation sites (N-methyl/N-ethyl adjacent to an activating group) is 1. The highest BCUT2D eigenvalue weighted by Gasteiger charge is 2.46. The number of aliphatic hydroxyl groups excluding tert-OH is 1. The first kappa shape index (κ1) is 23.3. The van der Waals surface area contributed by atoms with Crippen LogP contribution in [-0.2, 0) is 9.59 Å². The second-order valence-electron chi connectivity index (χ2n) is 7.76. The van der Waals surface area contributed by atoms with Crippen molar-refractivity contribution in [2.75, 3.05) is 40.4 Å². The van der Waals surface area contributed by atoms with E-state index in [2.05, 4.69) is 0 Å². The normalized spacial score (nSPS) is 17.8. The maximum absolute atomic E-state index is 13.1. The minimum Gasteiger partial charge on any atom is -0.507 e. The number of aliphatic hydroxyl groups is 1. The molecule has 1 fully saturated rings. The lowest BCUT2D eigenvalue weighted by Crippen LogP contribution is -2.35. The largest absolute Gasteiger partial charge is 0.507 e. The highest BCUT2D eigenvalue weighted by atomic mass is 16.5. The molecule has 32 heavy (non-hydrogen) atoms. The van der Waals surface area contributed by atoms with Gasteiger partial charge in [0.15, 0.2) is 0 Å². The molecule has 1 amide bonds. The van der Waals surface area contributed by atoms with E-state index in [1.165, 1.54) is 4.90 Å². The zero-order valence-electron chi connectivity index (χ0n) is 19.0. The van der Waals surface area contributed by atoms with Crippen LogP contribution in [0.1, 0.15) is 31.0 Å². The first-order valence-corrected chi connectivity index (χ1v) is 10.8. The van der Waals surface area contributed by atoms with Gasteiger partial charge in [0.05, 0.1) is 24.8 Å². The van der Waals surface area contributed by atoms with Crippen LogP contribution >= 0.6 is 0 Å². The van der Waals surface area contributed by atoms with Gasteiger partial charge in [-0.2, -0.15) is 0 Å². The number of likely N-dealkylation sites (tertiary alicyclic amines) is 1. The van der Waals surface area contributed by atoms with Crippen molar-refractivity contribution in [3.05, 3.63) is 65.2 Å². The lowest BCUT2D eigenvalue weighted by molar-refractivity contribution is -0.140. The summed E-state index contributed by atoms with van der Waals surface area (Å²) in [6.07, 6.45) is 0. The predicted molar refractivity (Wildman–Crippen MR) is 123 cm³/mol. The van der Waals surface area contributed by atoms with E-state index in [1.54, 1.807) is 24.3 Å². The summed E-state index contributed by atoms with van der Waals surface area (Å²) in [7, 11) is 3.81. The third kappa shape index (κ3) is 4.94. The third-order valence-electron chi connectivity index (χ3n) is 5.25. The van der Waals surface area contributed by atoms with Crippen molar-refractivity contribution in [3.8, 4) is 11.5 Å². The maximum atomic E-state index is 13.1. The van der Waals surface area contributed by atoms with Crippen LogP contribution in [0, 0.1) is 0 Å². The third-order valence-corrected chi connectivity index (χ3v) is 5.25. The standard InChI is InChI=1S/C25H30N2O5/c1-5-31-19-12-10-17(11-13-19)23(28)21-22(18-8-7-9-20(16-18)32-6-2)27(15-14-26(3)4)25(30)24(21)29/h7-13,16,22,28H,5-6,14-15H2,1-4H3/b23-21+. The van der Waals surface area contributed by atoms with Crippen molar-refractivity contribution in [2.45, 2.75) is 19.9 Å². The fourth-order valence-corrected chi connectivity index (χ4v) is 3.74. The van der Waals surface area contributed by atoms with Crippen molar-refractivity contribution in [3.63, 3.8) is 0 Å². The highest BCUT2D eigenvalue weighted by Crippen LogP contribution is 2.40. The Morgan fingerprint density at radius 1 is 1.00 bits per heavy atom. The maximum Gasteiger partial charge on any atom is 0.295 e. The molecule has 3 rings (SSSR count). The summed E-state index contributed by atoms with van der Waals surface area (Å²) in [6.45, 7) is 5.73. The van der Waals surface area contributed by atoms with Gasteiger partial charge < -0.3 is 24.4 Å². The van der Waals surface area contributed by atoms with Gasteiger partial charge in [-0.1, -0.05) is 12.1 Å². The summed E-state index contributed by atoms with van der Waals surface area (Å²) in [5.74, 6) is -0.209. The summed E-state index contributed by atoms with van der Waals surface area (Å²) >= 11 is 0. The van der Waals surface area contributed by atoms with E-state index in [1.807, 2.05) is 57.1 Å². The van der Waals surface area contributed by atoms with E-state index in [0.717, 1.165) is 0 Å². The number of amides is 1. The SMILES string of the molecule is CCOc1ccc(/C(O)=C2\C(=O)C(=O)N(CCN(C)C)C2c2cccc(OCC)c2)cc1. The predicted octanol–water partition coefficient (Wildman–Crippen LogP) is 3.47. The Balaban J connectivity index is 2.10. The molecule has 1 aliphatic rings. The molecule has 1 atom stereocenters. The van der Waals surface area contributed by atoms with Gasteiger partial charge in [-0.25, -0.2) is 0 Å². The quantitative estimate of drug-likeness (QED) is 0.367. The number of hydrogen-bond donors (Lipinski definition) is 1. The van der Waals surface area contributed by atoms with Gasteiger partial charge in [-0.05, 0) is 69.9 Å². The van der Waals surface area contributed by atoms with E-state index in [-0.39, 0.29) is 11.3 Å². The van der Waals surface area contributed by atoms with Gasteiger partial charge in [-0.3, -0.25) is 9.59 Å². The van der Waals surface area contributed by atoms with Crippen LogP contribution in [0.3, 0.4) is 0 Å². The summed E-state index contributed by atoms with van der Waals surface area (Å²) in [6, 6.07) is 13.4. The van der Waals surface area contributed by atoms with Gasteiger partial charge in [0.25, 0.3) is 11.7 Å². The van der Waals surface area contributed by atoms with E-state index in [4.69, 9.17) is 9.47 Å². The molecule has 1 saturated heterocycles. The van der Waals surface area contributed by atoms with Crippen LogP contribution in [0.4, 0.5) is 0 Å². The van der Waals surface area contributed by atoms with Gasteiger partial charge in [-0.15, -0.1) is 0 Å². The summed E-state index contributed by atoms with van der Waals surface area (Å²) in [4.78, 5) is 29.5. The van der Waals surface area contributed by atoms with Crippen molar-refractivity contribution >= 4 is 17.4 Å². The van der Waals surface area contributed by atoms with Crippen molar-refractivity contribution < 1.29 is 24.2 Å². The number of nitrogens with zero attached hydrogens (tertiary/aromatic N) is 2. The molecule has 2 aromatic rings. The fraction of sp³-hybridized carbons (Fsp3) is 0.360. The smallest absolute Gasteiger partial charge is 0.295 e.